The highest BCUT2D eigenvalue weighted by Crippen LogP contribution is 2.28. The number of carboxylic acids is 1. The van der Waals surface area contributed by atoms with Gasteiger partial charge >= 0.3 is 5.97 Å². The van der Waals surface area contributed by atoms with Crippen LogP contribution >= 0.6 is 15.9 Å². The lowest BCUT2D eigenvalue weighted by molar-refractivity contribution is -0.141. The molecule has 0 spiro atoms. The number of carbonyl (C=O) groups excluding carboxylic acids is 1. The van der Waals surface area contributed by atoms with Gasteiger partial charge in [0.2, 0.25) is 5.88 Å². The Morgan fingerprint density at radius 1 is 1.25 bits per heavy atom. The molecule has 124 valence electrons. The van der Waals surface area contributed by atoms with Crippen LogP contribution in [0.1, 0.15) is 23.2 Å². The molecule has 3 rings (SSSR count). The highest BCUT2D eigenvalue weighted by atomic mass is 79.9. The summed E-state index contributed by atoms with van der Waals surface area (Å²) >= 11 is 3.39. The van der Waals surface area contributed by atoms with E-state index in [0.717, 1.165) is 4.47 Å². The van der Waals surface area contributed by atoms with Crippen molar-refractivity contribution >= 4 is 27.8 Å². The van der Waals surface area contributed by atoms with E-state index in [-0.39, 0.29) is 5.91 Å². The van der Waals surface area contributed by atoms with Crippen molar-refractivity contribution in [1.29, 1.82) is 0 Å². The third-order valence-electron chi connectivity index (χ3n) is 3.83. The topological polar surface area (TPSA) is 79.7 Å². The highest BCUT2D eigenvalue weighted by Gasteiger charge is 2.34. The van der Waals surface area contributed by atoms with Crippen LogP contribution < -0.4 is 4.74 Å². The Balaban J connectivity index is 1.73. The van der Waals surface area contributed by atoms with Crippen molar-refractivity contribution in [1.82, 2.24) is 9.88 Å². The minimum absolute atomic E-state index is 0.320. The van der Waals surface area contributed by atoms with Gasteiger partial charge in [0.15, 0.2) is 0 Å². The van der Waals surface area contributed by atoms with E-state index >= 15 is 0 Å². The third kappa shape index (κ3) is 3.41. The summed E-state index contributed by atoms with van der Waals surface area (Å²) in [5.74, 6) is -0.313. The van der Waals surface area contributed by atoms with E-state index in [4.69, 9.17) is 4.74 Å². The molecule has 1 atom stereocenters. The fraction of sp³-hybridized carbons (Fsp3) is 0.235. The molecular formula is C17H15BrN2O4. The van der Waals surface area contributed by atoms with Gasteiger partial charge < -0.3 is 14.7 Å². The third-order valence-corrected chi connectivity index (χ3v) is 4.49. The molecule has 1 aromatic carbocycles. The van der Waals surface area contributed by atoms with Gasteiger partial charge in [-0.25, -0.2) is 9.78 Å². The monoisotopic (exact) mass is 390 g/mol. The number of amides is 1. The van der Waals surface area contributed by atoms with Gasteiger partial charge in [-0.05, 0) is 47.0 Å². The van der Waals surface area contributed by atoms with Crippen molar-refractivity contribution in [3.05, 3.63) is 52.6 Å². The Morgan fingerprint density at radius 3 is 2.71 bits per heavy atom. The number of para-hydroxylation sites is 1. The average molecular weight is 391 g/mol. The molecule has 2 heterocycles. The molecule has 7 heteroatoms. The molecule has 6 nitrogen and oxygen atoms in total. The Kier molecular flexibility index (Phi) is 4.80. The molecule has 0 saturated carbocycles. The number of hydrogen-bond donors (Lipinski definition) is 1. The predicted molar refractivity (Wildman–Crippen MR) is 90.1 cm³/mol. The van der Waals surface area contributed by atoms with Gasteiger partial charge in [-0.15, -0.1) is 0 Å². The van der Waals surface area contributed by atoms with Crippen LogP contribution in [0.2, 0.25) is 0 Å². The molecule has 1 amide bonds. The first-order valence-corrected chi connectivity index (χ1v) is 8.28. The predicted octanol–water partition coefficient (Wildman–Crippen LogP) is 3.33. The van der Waals surface area contributed by atoms with Gasteiger partial charge in [-0.1, -0.05) is 12.1 Å². The molecule has 0 unspecified atom stereocenters. The first kappa shape index (κ1) is 16.4. The zero-order valence-electron chi connectivity index (χ0n) is 12.7. The van der Waals surface area contributed by atoms with Crippen molar-refractivity contribution < 1.29 is 19.4 Å². The summed E-state index contributed by atoms with van der Waals surface area (Å²) in [6.45, 7) is 0.449. The van der Waals surface area contributed by atoms with Crippen LogP contribution in [0.15, 0.2) is 47.1 Å². The molecule has 1 saturated heterocycles. The average Bonchev–Trinajstić information content (AvgIpc) is 3.07. The number of carbonyl (C=O) groups is 2. The maximum atomic E-state index is 12.5. The SMILES string of the molecule is O=C(O)[C@H]1CCCN1C(=O)c1ccc(Oc2ccccc2Br)nc1. The van der Waals surface area contributed by atoms with Crippen LogP contribution in [0.4, 0.5) is 0 Å². The Bertz CT molecular complexity index is 763. The zero-order chi connectivity index (χ0) is 17.1. The summed E-state index contributed by atoms with van der Waals surface area (Å²) in [5, 5.41) is 9.18. The van der Waals surface area contributed by atoms with E-state index in [2.05, 4.69) is 20.9 Å². The number of aromatic nitrogens is 1. The lowest BCUT2D eigenvalue weighted by Crippen LogP contribution is -2.40. The van der Waals surface area contributed by atoms with Crippen LogP contribution in [-0.2, 0) is 4.79 Å². The van der Waals surface area contributed by atoms with Crippen LogP contribution in [0.5, 0.6) is 11.6 Å². The van der Waals surface area contributed by atoms with Gasteiger partial charge in [0.1, 0.15) is 11.8 Å². The number of benzene rings is 1. The molecular weight excluding hydrogens is 376 g/mol. The summed E-state index contributed by atoms with van der Waals surface area (Å²) in [4.78, 5) is 29.2. The second kappa shape index (κ2) is 7.00. The molecule has 1 aliphatic rings. The lowest BCUT2D eigenvalue weighted by Gasteiger charge is -2.21. The van der Waals surface area contributed by atoms with Gasteiger partial charge in [0.25, 0.3) is 5.91 Å². The number of aliphatic carboxylic acids is 1. The maximum absolute atomic E-state index is 12.5. The number of hydrogen-bond acceptors (Lipinski definition) is 4. The maximum Gasteiger partial charge on any atom is 0.326 e. The van der Waals surface area contributed by atoms with Crippen LogP contribution in [0.25, 0.3) is 0 Å². The molecule has 1 fully saturated rings. The lowest BCUT2D eigenvalue weighted by atomic mass is 10.2. The minimum Gasteiger partial charge on any atom is -0.480 e. The number of pyridine rings is 1. The van der Waals surface area contributed by atoms with E-state index in [1.54, 1.807) is 18.2 Å². The van der Waals surface area contributed by atoms with Gasteiger partial charge in [-0.3, -0.25) is 4.79 Å². The molecule has 0 bridgehead atoms. The molecule has 1 aromatic heterocycles. The summed E-state index contributed by atoms with van der Waals surface area (Å²) in [7, 11) is 0. The van der Waals surface area contributed by atoms with Crippen molar-refractivity contribution in [2.75, 3.05) is 6.54 Å². The summed E-state index contributed by atoms with van der Waals surface area (Å²) in [6, 6.07) is 9.81. The van der Waals surface area contributed by atoms with Crippen LogP contribution in [0, 0.1) is 0 Å². The molecule has 1 aliphatic heterocycles. The second-order valence-electron chi connectivity index (χ2n) is 5.41. The molecule has 1 N–H and O–H groups in total. The Morgan fingerprint density at radius 2 is 2.04 bits per heavy atom. The molecule has 24 heavy (non-hydrogen) atoms. The molecule has 0 radical (unpaired) electrons. The quantitative estimate of drug-likeness (QED) is 0.865. The van der Waals surface area contributed by atoms with Gasteiger partial charge in [-0.2, -0.15) is 0 Å². The summed E-state index contributed by atoms with van der Waals surface area (Å²) in [6.07, 6.45) is 2.59. The Labute approximate surface area is 147 Å². The summed E-state index contributed by atoms with van der Waals surface area (Å²) in [5.41, 5.74) is 0.350. The first-order chi connectivity index (χ1) is 11.6. The summed E-state index contributed by atoms with van der Waals surface area (Å²) < 4.78 is 6.45. The van der Waals surface area contributed by atoms with E-state index in [0.29, 0.717) is 36.6 Å². The highest BCUT2D eigenvalue weighted by molar-refractivity contribution is 9.10. The smallest absolute Gasteiger partial charge is 0.326 e. The minimum atomic E-state index is -0.970. The van der Waals surface area contributed by atoms with Crippen molar-refractivity contribution in [3.63, 3.8) is 0 Å². The van der Waals surface area contributed by atoms with Crippen molar-refractivity contribution in [3.8, 4) is 11.6 Å². The van der Waals surface area contributed by atoms with Crippen molar-refractivity contribution in [2.24, 2.45) is 0 Å². The van der Waals surface area contributed by atoms with E-state index < -0.39 is 12.0 Å². The van der Waals surface area contributed by atoms with Gasteiger partial charge in [0.05, 0.1) is 10.0 Å². The van der Waals surface area contributed by atoms with E-state index in [1.807, 2.05) is 18.2 Å². The van der Waals surface area contributed by atoms with Gasteiger partial charge in [0, 0.05) is 18.8 Å². The number of rotatable bonds is 4. The largest absolute Gasteiger partial charge is 0.480 e. The van der Waals surface area contributed by atoms with E-state index in [9.17, 15) is 14.7 Å². The van der Waals surface area contributed by atoms with Crippen LogP contribution in [-0.4, -0.2) is 39.5 Å². The fourth-order valence-corrected chi connectivity index (χ4v) is 3.01. The number of carboxylic acid groups (broad SMARTS) is 1. The Hall–Kier alpha value is -2.41. The number of likely N-dealkylation sites (tertiary alicyclic amines) is 1. The fourth-order valence-electron chi connectivity index (χ4n) is 2.64. The number of halogens is 1. The van der Waals surface area contributed by atoms with Crippen molar-refractivity contribution in [2.45, 2.75) is 18.9 Å². The zero-order valence-corrected chi connectivity index (χ0v) is 14.3. The van der Waals surface area contributed by atoms with E-state index in [1.165, 1.54) is 11.1 Å². The first-order valence-electron chi connectivity index (χ1n) is 7.48. The van der Waals surface area contributed by atoms with Crippen LogP contribution in [0.3, 0.4) is 0 Å². The second-order valence-corrected chi connectivity index (χ2v) is 6.27. The molecule has 2 aromatic rings. The normalized spacial score (nSPS) is 16.9. The number of nitrogens with zero attached hydrogens (tertiary/aromatic N) is 2. The standard InChI is InChI=1S/C17H15BrN2O4/c18-12-4-1-2-6-14(12)24-15-8-7-11(10-19-15)16(21)20-9-3-5-13(20)17(22)23/h1-2,4,6-8,10,13H,3,5,9H2,(H,22,23)/t13-/m1/s1. The molecule has 0 aliphatic carbocycles. The number of ether oxygens (including phenoxy) is 1.